The summed E-state index contributed by atoms with van der Waals surface area (Å²) in [4.78, 5) is 4.46. The summed E-state index contributed by atoms with van der Waals surface area (Å²) in [5.74, 6) is 1.89. The van der Waals surface area contributed by atoms with E-state index in [0.29, 0.717) is 11.8 Å². The fourth-order valence-electron chi connectivity index (χ4n) is 1.57. The van der Waals surface area contributed by atoms with Crippen LogP contribution in [-0.2, 0) is 0 Å². The molecule has 1 saturated carbocycles. The highest BCUT2D eigenvalue weighted by molar-refractivity contribution is 5.87. The van der Waals surface area contributed by atoms with Crippen LogP contribution in [0.25, 0.3) is 0 Å². The van der Waals surface area contributed by atoms with Crippen LogP contribution in [0.1, 0.15) is 38.2 Å². The summed E-state index contributed by atoms with van der Waals surface area (Å²) < 4.78 is 0. The number of amidine groups is 1. The second-order valence-electron chi connectivity index (χ2n) is 4.56. The molecule has 0 atom stereocenters. The maximum Gasteiger partial charge on any atom is 0.103 e. The Morgan fingerprint density at radius 2 is 2.13 bits per heavy atom. The van der Waals surface area contributed by atoms with Crippen LogP contribution in [0.5, 0.6) is 0 Å². The maximum atomic E-state index is 5.89. The zero-order valence-corrected chi connectivity index (χ0v) is 9.40. The Kier molecular flexibility index (Phi) is 2.76. The Bertz CT molecular complexity index is 376. The highest BCUT2D eigenvalue weighted by atomic mass is 14.9. The largest absolute Gasteiger partial charge is 0.387 e. The number of hydrogen-bond donors (Lipinski definition) is 1. The predicted molar refractivity (Wildman–Crippen MR) is 64.5 cm³/mol. The Morgan fingerprint density at radius 1 is 1.40 bits per heavy atom. The van der Waals surface area contributed by atoms with E-state index in [1.165, 1.54) is 18.4 Å². The fraction of sp³-hybridized carbons (Fsp3) is 0.462. The van der Waals surface area contributed by atoms with Gasteiger partial charge in [0, 0.05) is 5.92 Å². The molecule has 2 nitrogen and oxygen atoms in total. The first-order valence-corrected chi connectivity index (χ1v) is 5.61. The monoisotopic (exact) mass is 202 g/mol. The van der Waals surface area contributed by atoms with Crippen molar-refractivity contribution in [2.24, 2.45) is 16.6 Å². The number of nitrogens with two attached hydrogens (primary N) is 1. The van der Waals surface area contributed by atoms with Gasteiger partial charge in [-0.3, -0.25) is 0 Å². The van der Waals surface area contributed by atoms with Crippen molar-refractivity contribution < 1.29 is 0 Å². The van der Waals surface area contributed by atoms with Crippen LogP contribution in [0.4, 0.5) is 5.69 Å². The number of hydrogen-bond acceptors (Lipinski definition) is 1. The molecule has 0 bridgehead atoms. The first-order chi connectivity index (χ1) is 7.16. The molecule has 0 aliphatic heterocycles. The first kappa shape index (κ1) is 10.2. The number of nitrogens with zero attached hydrogens (tertiary/aromatic N) is 1. The second-order valence-corrected chi connectivity index (χ2v) is 4.56. The lowest BCUT2D eigenvalue weighted by Crippen LogP contribution is -2.13. The Balaban J connectivity index is 2.20. The van der Waals surface area contributed by atoms with Crippen molar-refractivity contribution in [1.29, 1.82) is 0 Å². The van der Waals surface area contributed by atoms with Gasteiger partial charge in [0.1, 0.15) is 5.84 Å². The number of aliphatic imine (C=N–C) groups is 1. The van der Waals surface area contributed by atoms with Crippen molar-refractivity contribution >= 4 is 11.5 Å². The molecule has 0 aromatic heterocycles. The van der Waals surface area contributed by atoms with Gasteiger partial charge >= 0.3 is 0 Å². The van der Waals surface area contributed by atoms with Gasteiger partial charge in [0.25, 0.3) is 0 Å². The molecule has 2 rings (SSSR count). The summed E-state index contributed by atoms with van der Waals surface area (Å²) in [6.45, 7) is 4.38. The second kappa shape index (κ2) is 4.05. The molecule has 80 valence electrons. The van der Waals surface area contributed by atoms with Gasteiger partial charge in [0.05, 0.1) is 5.69 Å². The van der Waals surface area contributed by atoms with Crippen LogP contribution >= 0.6 is 0 Å². The molecule has 0 spiro atoms. The molecule has 2 heteroatoms. The zero-order chi connectivity index (χ0) is 10.8. The molecule has 0 saturated heterocycles. The molecule has 1 aromatic carbocycles. The molecule has 15 heavy (non-hydrogen) atoms. The predicted octanol–water partition coefficient (Wildman–Crippen LogP) is 3.21. The Morgan fingerprint density at radius 3 is 2.73 bits per heavy atom. The third-order valence-electron chi connectivity index (χ3n) is 2.79. The summed E-state index contributed by atoms with van der Waals surface area (Å²) in [6.07, 6.45) is 2.42. The standard InChI is InChI=1S/C13H18N2/c1-9(2)11-4-3-5-12(8-11)15-13(14)10-6-7-10/h3-5,8-10H,6-7H2,1-2H3,(H2,14,15). The zero-order valence-electron chi connectivity index (χ0n) is 9.40. The summed E-state index contributed by atoms with van der Waals surface area (Å²) in [5, 5.41) is 0. The molecule has 0 radical (unpaired) electrons. The van der Waals surface area contributed by atoms with Gasteiger partial charge in [-0.1, -0.05) is 26.0 Å². The van der Waals surface area contributed by atoms with Crippen LogP contribution in [0.2, 0.25) is 0 Å². The van der Waals surface area contributed by atoms with Gasteiger partial charge in [-0.05, 0) is 36.5 Å². The van der Waals surface area contributed by atoms with E-state index in [9.17, 15) is 0 Å². The van der Waals surface area contributed by atoms with E-state index in [1.54, 1.807) is 0 Å². The van der Waals surface area contributed by atoms with Crippen molar-refractivity contribution in [3.05, 3.63) is 29.8 Å². The Hall–Kier alpha value is -1.31. The Labute approximate surface area is 91.2 Å². The van der Waals surface area contributed by atoms with E-state index in [0.717, 1.165) is 11.5 Å². The average molecular weight is 202 g/mol. The molecule has 0 unspecified atom stereocenters. The van der Waals surface area contributed by atoms with Crippen LogP contribution in [-0.4, -0.2) is 5.84 Å². The van der Waals surface area contributed by atoms with E-state index < -0.39 is 0 Å². The number of benzene rings is 1. The van der Waals surface area contributed by atoms with Gasteiger partial charge in [-0.25, -0.2) is 4.99 Å². The minimum atomic E-state index is 0.544. The van der Waals surface area contributed by atoms with Crippen LogP contribution in [0.3, 0.4) is 0 Å². The van der Waals surface area contributed by atoms with Crippen molar-refractivity contribution in [3.8, 4) is 0 Å². The summed E-state index contributed by atoms with van der Waals surface area (Å²) in [7, 11) is 0. The quantitative estimate of drug-likeness (QED) is 0.593. The summed E-state index contributed by atoms with van der Waals surface area (Å²) >= 11 is 0. The van der Waals surface area contributed by atoms with E-state index >= 15 is 0 Å². The lowest BCUT2D eigenvalue weighted by molar-refractivity contribution is 0.867. The van der Waals surface area contributed by atoms with Gasteiger partial charge in [-0.15, -0.1) is 0 Å². The third kappa shape index (κ3) is 2.58. The van der Waals surface area contributed by atoms with E-state index in [4.69, 9.17) is 5.73 Å². The lowest BCUT2D eigenvalue weighted by atomic mass is 10.0. The van der Waals surface area contributed by atoms with Crippen LogP contribution in [0.15, 0.2) is 29.3 Å². The SMILES string of the molecule is CC(C)c1cccc(N=C(N)C2CC2)c1. The van der Waals surface area contributed by atoms with Crippen molar-refractivity contribution in [3.63, 3.8) is 0 Å². The van der Waals surface area contributed by atoms with Gasteiger partial charge in [0.15, 0.2) is 0 Å². The van der Waals surface area contributed by atoms with Gasteiger partial charge < -0.3 is 5.73 Å². The van der Waals surface area contributed by atoms with Gasteiger partial charge in [0.2, 0.25) is 0 Å². The highest BCUT2D eigenvalue weighted by Gasteiger charge is 2.25. The molecule has 2 N–H and O–H groups in total. The van der Waals surface area contributed by atoms with Crippen molar-refractivity contribution in [1.82, 2.24) is 0 Å². The van der Waals surface area contributed by atoms with E-state index in [-0.39, 0.29) is 0 Å². The average Bonchev–Trinajstić information content (AvgIpc) is 3.01. The molecule has 1 aliphatic rings. The first-order valence-electron chi connectivity index (χ1n) is 5.61. The molecule has 1 fully saturated rings. The van der Waals surface area contributed by atoms with E-state index in [1.807, 2.05) is 12.1 Å². The topological polar surface area (TPSA) is 38.4 Å². The minimum Gasteiger partial charge on any atom is -0.387 e. The minimum absolute atomic E-state index is 0.544. The molecule has 1 aromatic rings. The molecule has 0 heterocycles. The third-order valence-corrected chi connectivity index (χ3v) is 2.79. The molecule has 0 amide bonds. The smallest absolute Gasteiger partial charge is 0.103 e. The normalized spacial score (nSPS) is 17.1. The summed E-state index contributed by atoms with van der Waals surface area (Å²) in [5.41, 5.74) is 8.20. The van der Waals surface area contributed by atoms with Crippen molar-refractivity contribution in [2.45, 2.75) is 32.6 Å². The fourth-order valence-corrected chi connectivity index (χ4v) is 1.57. The van der Waals surface area contributed by atoms with Gasteiger partial charge in [-0.2, -0.15) is 0 Å². The molecule has 1 aliphatic carbocycles. The van der Waals surface area contributed by atoms with E-state index in [2.05, 4.69) is 31.0 Å². The van der Waals surface area contributed by atoms with Crippen LogP contribution < -0.4 is 5.73 Å². The lowest BCUT2D eigenvalue weighted by Gasteiger charge is -2.06. The summed E-state index contributed by atoms with van der Waals surface area (Å²) in [6, 6.07) is 8.33. The molecular weight excluding hydrogens is 184 g/mol. The van der Waals surface area contributed by atoms with Crippen molar-refractivity contribution in [2.75, 3.05) is 0 Å². The highest BCUT2D eigenvalue weighted by Crippen LogP contribution is 2.30. The molecular formula is C13H18N2. The maximum absolute atomic E-state index is 5.89. The van der Waals surface area contributed by atoms with Crippen LogP contribution in [0, 0.1) is 5.92 Å². The number of rotatable bonds is 3.